The van der Waals surface area contributed by atoms with Crippen LogP contribution in [0.1, 0.15) is 28.0 Å². The highest BCUT2D eigenvalue weighted by Gasteiger charge is 2.37. The van der Waals surface area contributed by atoms with Gasteiger partial charge in [-0.1, -0.05) is 18.3 Å². The zero-order valence-electron chi connectivity index (χ0n) is 14.7. The first-order valence-electron chi connectivity index (χ1n) is 7.84. The molecule has 3 rings (SSSR count). The average Bonchev–Trinajstić information content (AvgIpc) is 3.25. The highest BCUT2D eigenvalue weighted by Crippen LogP contribution is 2.35. The molecule has 0 bridgehead atoms. The van der Waals surface area contributed by atoms with Crippen LogP contribution in [-0.2, 0) is 12.4 Å². The molecule has 0 saturated heterocycles. The molecule has 0 saturated carbocycles. The van der Waals surface area contributed by atoms with E-state index in [1.807, 2.05) is 0 Å². The molecule has 1 amide bonds. The zero-order valence-corrected chi connectivity index (χ0v) is 16.3. The van der Waals surface area contributed by atoms with Gasteiger partial charge < -0.3 is 0 Å². The molecule has 0 N–H and O–H groups in total. The summed E-state index contributed by atoms with van der Waals surface area (Å²) in [6, 6.07) is 1.65. The Hall–Kier alpha value is -2.35. The maximum atomic E-state index is 13.0. The van der Waals surface area contributed by atoms with E-state index >= 15 is 0 Å². The first kappa shape index (κ1) is 21.4. The number of fused-ring (bicyclic) bond motifs is 1. The van der Waals surface area contributed by atoms with E-state index in [-0.39, 0.29) is 32.8 Å². The van der Waals surface area contributed by atoms with Crippen molar-refractivity contribution in [2.45, 2.75) is 24.3 Å². The number of carbonyl (C=O) groups excluding carboxylic acids is 1. The molecule has 0 aliphatic heterocycles. The molecule has 0 unspecified atom stereocenters. The average molecular weight is 455 g/mol. The van der Waals surface area contributed by atoms with Gasteiger partial charge >= 0.3 is 12.4 Å². The summed E-state index contributed by atoms with van der Waals surface area (Å²) in [5, 5.41) is 5.12. The highest BCUT2D eigenvalue weighted by molar-refractivity contribution is 7.99. The second kappa shape index (κ2) is 7.48. The molecule has 3 aromatic heterocycles. The predicted molar refractivity (Wildman–Crippen MR) is 94.2 cm³/mol. The molecular weight excluding hydrogens is 444 g/mol. The van der Waals surface area contributed by atoms with Gasteiger partial charge in [0, 0.05) is 13.2 Å². The number of anilines is 1. The van der Waals surface area contributed by atoms with Crippen molar-refractivity contribution in [2.24, 2.45) is 0 Å². The van der Waals surface area contributed by atoms with Gasteiger partial charge in [0.25, 0.3) is 5.91 Å². The second-order valence-corrected chi connectivity index (χ2v) is 7.80. The van der Waals surface area contributed by atoms with Crippen LogP contribution in [0.5, 0.6) is 0 Å². The summed E-state index contributed by atoms with van der Waals surface area (Å²) in [5.41, 5.74) is -1.24. The third kappa shape index (κ3) is 4.17. The van der Waals surface area contributed by atoms with Crippen molar-refractivity contribution in [1.29, 1.82) is 0 Å². The Labute approximate surface area is 167 Å². The number of pyridine rings is 1. The van der Waals surface area contributed by atoms with Gasteiger partial charge in [0.2, 0.25) is 10.1 Å². The van der Waals surface area contributed by atoms with Gasteiger partial charge in [-0.15, -0.1) is 22.0 Å². The Balaban J connectivity index is 2.03. The number of halogens is 6. The standard InChI is InChI=1S/C15H11F6N5OS2/c1-3-28-11-9(22-8-6-7(14(16,17)18)4-5-26(8)11)10(27)25(2)13-24-23-12(29-13)15(19,20)21/h4-6H,3H2,1-2H3. The molecule has 156 valence electrons. The van der Waals surface area contributed by atoms with E-state index in [0.717, 1.165) is 35.0 Å². The maximum Gasteiger partial charge on any atom is 0.445 e. The molecule has 0 radical (unpaired) electrons. The monoisotopic (exact) mass is 455 g/mol. The number of hydrogen-bond donors (Lipinski definition) is 0. The lowest BCUT2D eigenvalue weighted by Crippen LogP contribution is -2.27. The van der Waals surface area contributed by atoms with Gasteiger partial charge in [-0.05, 0) is 17.9 Å². The number of amides is 1. The molecular formula is C15H11F6N5OS2. The molecule has 0 aliphatic carbocycles. The minimum absolute atomic E-state index is 0.110. The zero-order chi connectivity index (χ0) is 21.6. The lowest BCUT2D eigenvalue weighted by molar-refractivity contribution is -0.138. The first-order chi connectivity index (χ1) is 13.4. The van der Waals surface area contributed by atoms with Crippen LogP contribution in [0.2, 0.25) is 0 Å². The Bertz CT molecular complexity index is 1060. The Morgan fingerprint density at radius 1 is 1.21 bits per heavy atom. The van der Waals surface area contributed by atoms with E-state index in [1.165, 1.54) is 11.4 Å². The summed E-state index contributed by atoms with van der Waals surface area (Å²) in [5.74, 6) is -0.335. The third-order valence-corrected chi connectivity index (χ3v) is 5.64. The van der Waals surface area contributed by atoms with Crippen LogP contribution < -0.4 is 4.90 Å². The Morgan fingerprint density at radius 3 is 2.45 bits per heavy atom. The van der Waals surface area contributed by atoms with Gasteiger partial charge in [0.1, 0.15) is 10.7 Å². The number of carbonyl (C=O) groups is 1. The van der Waals surface area contributed by atoms with Crippen LogP contribution in [0.25, 0.3) is 5.65 Å². The maximum absolute atomic E-state index is 13.0. The molecule has 6 nitrogen and oxygen atoms in total. The van der Waals surface area contributed by atoms with Crippen LogP contribution in [0.3, 0.4) is 0 Å². The van der Waals surface area contributed by atoms with Crippen molar-refractivity contribution < 1.29 is 31.1 Å². The van der Waals surface area contributed by atoms with E-state index in [9.17, 15) is 31.1 Å². The van der Waals surface area contributed by atoms with E-state index in [0.29, 0.717) is 5.75 Å². The van der Waals surface area contributed by atoms with Crippen LogP contribution in [-0.4, -0.2) is 38.3 Å². The molecule has 0 spiro atoms. The summed E-state index contributed by atoms with van der Waals surface area (Å²) in [7, 11) is 1.19. The molecule has 29 heavy (non-hydrogen) atoms. The molecule has 14 heteroatoms. The van der Waals surface area contributed by atoms with Gasteiger partial charge in [-0.3, -0.25) is 14.1 Å². The number of aromatic nitrogens is 4. The van der Waals surface area contributed by atoms with Crippen molar-refractivity contribution in [1.82, 2.24) is 19.6 Å². The number of imidazole rings is 1. The van der Waals surface area contributed by atoms with Crippen molar-refractivity contribution in [3.05, 3.63) is 34.6 Å². The highest BCUT2D eigenvalue weighted by atomic mass is 32.2. The largest absolute Gasteiger partial charge is 0.445 e. The second-order valence-electron chi connectivity index (χ2n) is 5.59. The first-order valence-corrected chi connectivity index (χ1v) is 9.64. The lowest BCUT2D eigenvalue weighted by Gasteiger charge is -2.12. The van der Waals surface area contributed by atoms with Crippen LogP contribution in [0, 0.1) is 0 Å². The Kier molecular flexibility index (Phi) is 5.51. The van der Waals surface area contributed by atoms with Crippen LogP contribution in [0.15, 0.2) is 23.4 Å². The molecule has 3 aromatic rings. The molecule has 0 aliphatic rings. The summed E-state index contributed by atoms with van der Waals surface area (Å²) >= 11 is 1.33. The number of nitrogens with zero attached hydrogens (tertiary/aromatic N) is 5. The molecule has 0 aromatic carbocycles. The minimum Gasteiger partial charge on any atom is -0.294 e. The summed E-state index contributed by atoms with van der Waals surface area (Å²) < 4.78 is 78.4. The third-order valence-electron chi connectivity index (χ3n) is 3.64. The molecule has 0 fully saturated rings. The lowest BCUT2D eigenvalue weighted by atomic mass is 10.2. The fourth-order valence-corrected chi connectivity index (χ4v) is 3.83. The summed E-state index contributed by atoms with van der Waals surface area (Å²) in [6.07, 6.45) is -8.15. The SMILES string of the molecule is CCSc1c(C(=O)N(C)c2nnc(C(F)(F)F)s2)nc2cc(C(F)(F)F)ccn12. The van der Waals surface area contributed by atoms with Gasteiger partial charge in [0.05, 0.1) is 5.56 Å². The van der Waals surface area contributed by atoms with E-state index in [2.05, 4.69) is 15.2 Å². The van der Waals surface area contributed by atoms with Gasteiger partial charge in [-0.2, -0.15) is 26.3 Å². The van der Waals surface area contributed by atoms with Crippen molar-refractivity contribution >= 4 is 39.8 Å². The van der Waals surface area contributed by atoms with Crippen molar-refractivity contribution in [3.63, 3.8) is 0 Å². The summed E-state index contributed by atoms with van der Waals surface area (Å²) in [6.45, 7) is 1.77. The fourth-order valence-electron chi connectivity index (χ4n) is 2.32. The smallest absolute Gasteiger partial charge is 0.294 e. The fraction of sp³-hybridized carbons (Fsp3) is 0.333. The number of rotatable bonds is 4. The summed E-state index contributed by atoms with van der Waals surface area (Å²) in [4.78, 5) is 17.6. The van der Waals surface area contributed by atoms with E-state index < -0.39 is 28.8 Å². The van der Waals surface area contributed by atoms with Crippen LogP contribution >= 0.6 is 23.1 Å². The van der Waals surface area contributed by atoms with Crippen molar-refractivity contribution in [3.8, 4) is 0 Å². The topological polar surface area (TPSA) is 63.4 Å². The van der Waals surface area contributed by atoms with E-state index in [1.54, 1.807) is 6.92 Å². The molecule has 3 heterocycles. The van der Waals surface area contributed by atoms with Crippen LogP contribution in [0.4, 0.5) is 31.5 Å². The number of thioether (sulfide) groups is 1. The minimum atomic E-state index is -4.71. The molecule has 0 atom stereocenters. The number of hydrogen-bond acceptors (Lipinski definition) is 6. The van der Waals surface area contributed by atoms with Crippen molar-refractivity contribution in [2.75, 3.05) is 17.7 Å². The van der Waals surface area contributed by atoms with Gasteiger partial charge in [0.15, 0.2) is 5.69 Å². The Morgan fingerprint density at radius 2 is 1.90 bits per heavy atom. The normalized spacial score (nSPS) is 12.6. The number of alkyl halides is 6. The van der Waals surface area contributed by atoms with E-state index in [4.69, 9.17) is 0 Å². The quantitative estimate of drug-likeness (QED) is 0.425. The predicted octanol–water partition coefficient (Wildman–Crippen LogP) is 4.61. The van der Waals surface area contributed by atoms with Gasteiger partial charge in [-0.25, -0.2) is 4.98 Å².